The van der Waals surface area contributed by atoms with Crippen molar-refractivity contribution >= 4 is 6.41 Å². The van der Waals surface area contributed by atoms with Gasteiger partial charge in [0.2, 0.25) is 0 Å². The maximum atomic E-state index is 10.8. The van der Waals surface area contributed by atoms with Gasteiger partial charge in [-0.05, 0) is 37.0 Å². The Bertz CT molecular complexity index is 449. The van der Waals surface area contributed by atoms with E-state index in [9.17, 15) is 4.79 Å². The summed E-state index contributed by atoms with van der Waals surface area (Å²) in [6.45, 7) is 1.16. The Morgan fingerprint density at radius 1 is 1.25 bits per heavy atom. The normalized spacial score (nSPS) is 18.7. The summed E-state index contributed by atoms with van der Waals surface area (Å²) in [5, 5.41) is 0. The van der Waals surface area contributed by atoms with Crippen LogP contribution in [0, 0.1) is 0 Å². The monoisotopic (exact) mass is 278 g/mol. The summed E-state index contributed by atoms with van der Waals surface area (Å²) >= 11 is 0. The van der Waals surface area contributed by atoms with Crippen molar-refractivity contribution in [2.75, 3.05) is 20.8 Å². The molecule has 1 amide bonds. The molecule has 1 heterocycles. The predicted octanol–water partition coefficient (Wildman–Crippen LogP) is 2.10. The summed E-state index contributed by atoms with van der Waals surface area (Å²) in [4.78, 5) is 12.5. The minimum Gasteiger partial charge on any atom is -0.493 e. The molecule has 0 saturated carbocycles. The van der Waals surface area contributed by atoms with Gasteiger partial charge in [-0.2, -0.15) is 0 Å². The first-order valence-electron chi connectivity index (χ1n) is 6.75. The minimum atomic E-state index is -0.172. The fourth-order valence-corrected chi connectivity index (χ4v) is 2.34. The van der Waals surface area contributed by atoms with Crippen molar-refractivity contribution in [3.63, 3.8) is 0 Å². The largest absolute Gasteiger partial charge is 0.493 e. The molecule has 0 aliphatic carbocycles. The maximum absolute atomic E-state index is 10.8. The lowest BCUT2D eigenvalue weighted by Crippen LogP contribution is -2.40. The van der Waals surface area contributed by atoms with Crippen molar-refractivity contribution in [3.05, 3.63) is 23.8 Å². The van der Waals surface area contributed by atoms with E-state index in [0.29, 0.717) is 18.1 Å². The van der Waals surface area contributed by atoms with Crippen molar-refractivity contribution in [3.8, 4) is 11.5 Å². The molecule has 1 unspecified atom stereocenters. The Labute approximate surface area is 119 Å². The highest BCUT2D eigenvalue weighted by Crippen LogP contribution is 2.28. The van der Waals surface area contributed by atoms with Crippen molar-refractivity contribution in [1.29, 1.82) is 0 Å². The number of carbonyl (C=O) groups excluding carboxylic acids is 1. The molecule has 1 aliphatic rings. The average Bonchev–Trinajstić information content (AvgIpc) is 2.52. The van der Waals surface area contributed by atoms with Crippen molar-refractivity contribution in [2.24, 2.45) is 0 Å². The molecule has 20 heavy (non-hydrogen) atoms. The fraction of sp³-hybridized carbons (Fsp3) is 0.533. The van der Waals surface area contributed by atoms with Crippen LogP contribution in [0.1, 0.15) is 24.8 Å². The third kappa shape index (κ3) is 3.42. The van der Waals surface area contributed by atoms with Gasteiger partial charge >= 0.3 is 6.41 Å². The highest BCUT2D eigenvalue weighted by Gasteiger charge is 2.22. The number of rotatable bonds is 6. The van der Waals surface area contributed by atoms with Crippen LogP contribution in [0.3, 0.4) is 0 Å². The van der Waals surface area contributed by atoms with Gasteiger partial charge in [0.05, 0.1) is 20.8 Å². The number of hydrogen-bond acceptors (Lipinski definition) is 4. The molecular formula is C15H20NO4. The summed E-state index contributed by atoms with van der Waals surface area (Å²) in [7, 11) is 3.21. The third-order valence-electron chi connectivity index (χ3n) is 3.46. The van der Waals surface area contributed by atoms with Gasteiger partial charge in [-0.1, -0.05) is 6.07 Å². The number of ether oxygens (including phenoxy) is 3. The van der Waals surface area contributed by atoms with Crippen molar-refractivity contribution in [2.45, 2.75) is 32.1 Å². The lowest BCUT2D eigenvalue weighted by Gasteiger charge is -2.31. The standard InChI is InChI=1S/C15H20NO4/c1-18-13-7-6-12(9-14(13)19-2)10-20-15-5-3-4-8-16(15)11-17/h6-7,9,15H,3-5,8,10H2,1-2H3. The molecule has 1 aliphatic heterocycles. The minimum absolute atomic E-state index is 0.172. The molecule has 0 bridgehead atoms. The number of piperidine rings is 1. The van der Waals surface area contributed by atoms with Crippen LogP contribution in [0.4, 0.5) is 0 Å². The molecule has 109 valence electrons. The highest BCUT2D eigenvalue weighted by molar-refractivity contribution is 5.48. The van der Waals surface area contributed by atoms with Gasteiger partial charge in [-0.15, -0.1) is 0 Å². The first-order valence-corrected chi connectivity index (χ1v) is 6.75. The van der Waals surface area contributed by atoms with E-state index in [-0.39, 0.29) is 6.23 Å². The Balaban J connectivity index is 1.97. The summed E-state index contributed by atoms with van der Waals surface area (Å²) in [5.41, 5.74) is 0.985. The number of amides is 1. The van der Waals surface area contributed by atoms with E-state index in [1.54, 1.807) is 19.1 Å². The zero-order chi connectivity index (χ0) is 14.4. The second-order valence-corrected chi connectivity index (χ2v) is 4.74. The Hall–Kier alpha value is -1.75. The molecule has 0 spiro atoms. The second kappa shape index (κ2) is 7.14. The summed E-state index contributed by atoms with van der Waals surface area (Å²) in [6.07, 6.45) is 4.73. The smallest absolute Gasteiger partial charge is 0.314 e. The molecule has 0 aromatic heterocycles. The lowest BCUT2D eigenvalue weighted by atomic mass is 10.1. The summed E-state index contributed by atoms with van der Waals surface area (Å²) in [6, 6.07) is 5.66. The van der Waals surface area contributed by atoms with E-state index in [0.717, 1.165) is 31.4 Å². The van der Waals surface area contributed by atoms with Crippen LogP contribution in [0.25, 0.3) is 0 Å². The van der Waals surface area contributed by atoms with Crippen LogP contribution < -0.4 is 9.47 Å². The van der Waals surface area contributed by atoms with Crippen LogP contribution in [0.2, 0.25) is 0 Å². The molecule has 1 fully saturated rings. The average molecular weight is 278 g/mol. The maximum Gasteiger partial charge on any atom is 0.314 e. The van der Waals surface area contributed by atoms with E-state index in [2.05, 4.69) is 0 Å². The molecule has 5 nitrogen and oxygen atoms in total. The predicted molar refractivity (Wildman–Crippen MR) is 74.4 cm³/mol. The fourth-order valence-electron chi connectivity index (χ4n) is 2.34. The van der Waals surface area contributed by atoms with Crippen LogP contribution in [0.5, 0.6) is 11.5 Å². The van der Waals surface area contributed by atoms with Gasteiger partial charge < -0.3 is 19.1 Å². The number of benzene rings is 1. The van der Waals surface area contributed by atoms with E-state index in [4.69, 9.17) is 14.2 Å². The van der Waals surface area contributed by atoms with Gasteiger partial charge in [-0.3, -0.25) is 4.79 Å². The SMILES string of the molecule is COc1ccc(COC2CCCCN2[C]=O)cc1OC. The topological polar surface area (TPSA) is 48.0 Å². The molecule has 1 aromatic rings. The van der Waals surface area contributed by atoms with E-state index < -0.39 is 0 Å². The first kappa shape index (κ1) is 14.7. The molecular weight excluding hydrogens is 258 g/mol. The quantitative estimate of drug-likeness (QED) is 0.799. The molecule has 5 heteroatoms. The molecule has 0 N–H and O–H groups in total. The number of hydrogen-bond donors (Lipinski definition) is 0. The Kier molecular flexibility index (Phi) is 5.24. The van der Waals surface area contributed by atoms with Crippen LogP contribution in [0.15, 0.2) is 18.2 Å². The van der Waals surface area contributed by atoms with Crippen molar-refractivity contribution < 1.29 is 19.0 Å². The molecule has 1 atom stereocenters. The van der Waals surface area contributed by atoms with Crippen molar-refractivity contribution in [1.82, 2.24) is 4.90 Å². The zero-order valence-electron chi connectivity index (χ0n) is 11.9. The van der Waals surface area contributed by atoms with Gasteiger partial charge in [-0.25, -0.2) is 0 Å². The zero-order valence-corrected chi connectivity index (χ0v) is 11.9. The van der Waals surface area contributed by atoms with Gasteiger partial charge in [0.25, 0.3) is 0 Å². The molecule has 2 rings (SSSR count). The number of likely N-dealkylation sites (tertiary alicyclic amines) is 1. The number of nitrogens with zero attached hydrogens (tertiary/aromatic N) is 1. The van der Waals surface area contributed by atoms with Crippen LogP contribution in [-0.4, -0.2) is 38.3 Å². The molecule has 1 aromatic carbocycles. The second-order valence-electron chi connectivity index (χ2n) is 4.74. The van der Waals surface area contributed by atoms with Gasteiger partial charge in [0.1, 0.15) is 6.23 Å². The van der Waals surface area contributed by atoms with E-state index in [1.165, 1.54) is 0 Å². The van der Waals surface area contributed by atoms with Gasteiger partial charge in [0, 0.05) is 6.54 Å². The Morgan fingerprint density at radius 2 is 2.05 bits per heavy atom. The van der Waals surface area contributed by atoms with E-state index in [1.807, 2.05) is 24.6 Å². The van der Waals surface area contributed by atoms with E-state index >= 15 is 0 Å². The Morgan fingerprint density at radius 3 is 2.75 bits per heavy atom. The summed E-state index contributed by atoms with van der Waals surface area (Å²) in [5.74, 6) is 1.37. The highest BCUT2D eigenvalue weighted by atomic mass is 16.5. The first-order chi connectivity index (χ1) is 9.78. The third-order valence-corrected chi connectivity index (χ3v) is 3.46. The molecule has 1 radical (unpaired) electrons. The number of methoxy groups -OCH3 is 2. The van der Waals surface area contributed by atoms with Gasteiger partial charge in [0.15, 0.2) is 11.5 Å². The summed E-state index contributed by atoms with van der Waals surface area (Å²) < 4.78 is 16.3. The van der Waals surface area contributed by atoms with Crippen LogP contribution >= 0.6 is 0 Å². The molecule has 1 saturated heterocycles. The lowest BCUT2D eigenvalue weighted by molar-refractivity contribution is -0.0563. The van der Waals surface area contributed by atoms with Crippen LogP contribution in [-0.2, 0) is 16.1 Å².